The van der Waals surface area contributed by atoms with E-state index in [4.69, 9.17) is 5.73 Å². The van der Waals surface area contributed by atoms with Crippen molar-refractivity contribution in [2.24, 2.45) is 0 Å². The fourth-order valence-electron chi connectivity index (χ4n) is 1.73. The first-order valence-electron chi connectivity index (χ1n) is 5.76. The number of benzene rings is 2. The molecule has 0 saturated carbocycles. The number of hydrogen-bond donors (Lipinski definition) is 1. The maximum absolute atomic E-state index is 14.0. The van der Waals surface area contributed by atoms with Gasteiger partial charge in [-0.1, -0.05) is 30.3 Å². The fourth-order valence-corrected chi connectivity index (χ4v) is 2.90. The summed E-state index contributed by atoms with van der Waals surface area (Å²) in [6.07, 6.45) is 0. The summed E-state index contributed by atoms with van der Waals surface area (Å²) in [5, 5.41) is 0. The summed E-state index contributed by atoms with van der Waals surface area (Å²) in [4.78, 5) is -0.0434. The molecule has 0 amide bonds. The lowest BCUT2D eigenvalue weighted by molar-refractivity contribution is 0.0222. The lowest BCUT2D eigenvalue weighted by Crippen LogP contribution is -2.22. The summed E-state index contributed by atoms with van der Waals surface area (Å²) in [6, 6.07) is 10.3. The maximum atomic E-state index is 14.0. The van der Waals surface area contributed by atoms with Crippen LogP contribution in [0.3, 0.4) is 0 Å². The van der Waals surface area contributed by atoms with Crippen LogP contribution in [-0.4, -0.2) is 9.96 Å². The average molecular weight is 299 g/mol. The smallest absolute Gasteiger partial charge is 0.284 e. The first-order chi connectivity index (χ1) is 9.38. The van der Waals surface area contributed by atoms with Crippen LogP contribution in [0, 0.1) is 5.82 Å². The highest BCUT2D eigenvalue weighted by atomic mass is 32.2. The van der Waals surface area contributed by atoms with Crippen molar-refractivity contribution in [3.8, 4) is 0 Å². The van der Waals surface area contributed by atoms with Gasteiger partial charge in [-0.2, -0.15) is 0 Å². The highest BCUT2D eigenvalue weighted by molar-refractivity contribution is 7.85. The monoisotopic (exact) mass is 299 g/mol. The van der Waals surface area contributed by atoms with Crippen molar-refractivity contribution in [2.45, 2.75) is 10.8 Å². The quantitative estimate of drug-likeness (QED) is 0.880. The molecule has 2 N–H and O–H groups in total. The Morgan fingerprint density at radius 3 is 2.35 bits per heavy atom. The number of nitrogen functional groups attached to an aromatic ring is 1. The second-order valence-corrected chi connectivity index (χ2v) is 5.73. The van der Waals surface area contributed by atoms with Gasteiger partial charge < -0.3 is 5.73 Å². The number of alkyl halides is 2. The van der Waals surface area contributed by atoms with E-state index in [1.807, 2.05) is 0 Å². The molecule has 0 saturated heterocycles. The van der Waals surface area contributed by atoms with E-state index in [-0.39, 0.29) is 16.1 Å². The summed E-state index contributed by atoms with van der Waals surface area (Å²) in [5.74, 6) is -4.87. The Hall–Kier alpha value is -1.82. The lowest BCUT2D eigenvalue weighted by atomic mass is 10.1. The van der Waals surface area contributed by atoms with Crippen LogP contribution in [-0.2, 0) is 16.7 Å². The molecule has 2 rings (SSSR count). The Morgan fingerprint density at radius 2 is 1.75 bits per heavy atom. The summed E-state index contributed by atoms with van der Waals surface area (Å²) in [6.45, 7) is 0. The molecule has 1 atom stereocenters. The molecule has 2 nitrogen and oxygen atoms in total. The second-order valence-electron chi connectivity index (χ2n) is 4.28. The molecule has 0 heterocycles. The number of nitrogens with two attached hydrogens (primary N) is 1. The van der Waals surface area contributed by atoms with Crippen molar-refractivity contribution >= 4 is 16.5 Å². The molecular formula is C14H12F3NOS. The van der Waals surface area contributed by atoms with Crippen molar-refractivity contribution in [2.75, 3.05) is 11.5 Å². The largest absolute Gasteiger partial charge is 0.399 e. The van der Waals surface area contributed by atoms with Crippen molar-refractivity contribution in [1.82, 2.24) is 0 Å². The summed E-state index contributed by atoms with van der Waals surface area (Å²) in [7, 11) is -2.04. The van der Waals surface area contributed by atoms with E-state index in [0.717, 1.165) is 12.1 Å². The van der Waals surface area contributed by atoms with Crippen molar-refractivity contribution < 1.29 is 17.4 Å². The summed E-state index contributed by atoms with van der Waals surface area (Å²) in [5.41, 5.74) is 5.24. The molecule has 6 heteroatoms. The molecule has 0 aliphatic rings. The van der Waals surface area contributed by atoms with E-state index in [0.29, 0.717) is 0 Å². The summed E-state index contributed by atoms with van der Waals surface area (Å²) < 4.78 is 53.0. The Morgan fingerprint density at radius 1 is 1.10 bits per heavy atom. The summed E-state index contributed by atoms with van der Waals surface area (Å²) >= 11 is 0. The fraction of sp³-hybridized carbons (Fsp3) is 0.143. The third kappa shape index (κ3) is 3.39. The number of hydrogen-bond acceptors (Lipinski definition) is 2. The molecule has 0 bridgehead atoms. The van der Waals surface area contributed by atoms with Crippen molar-refractivity contribution in [3.05, 3.63) is 59.9 Å². The highest BCUT2D eigenvalue weighted by Gasteiger charge is 2.34. The molecule has 2 aromatic rings. The molecule has 20 heavy (non-hydrogen) atoms. The minimum Gasteiger partial charge on any atom is -0.399 e. The van der Waals surface area contributed by atoms with Gasteiger partial charge in [0.15, 0.2) is 0 Å². The van der Waals surface area contributed by atoms with Gasteiger partial charge in [-0.3, -0.25) is 4.21 Å². The molecule has 0 aliphatic carbocycles. The molecule has 0 aliphatic heterocycles. The number of anilines is 1. The van der Waals surface area contributed by atoms with Gasteiger partial charge in [-0.15, -0.1) is 0 Å². The molecule has 106 valence electrons. The molecule has 0 fully saturated rings. The van der Waals surface area contributed by atoms with Crippen LogP contribution >= 0.6 is 0 Å². The standard InChI is InChI=1S/C14H12F3NOS/c15-11-6-12(18)8-13(7-11)20(19)9-14(16,17)10-4-2-1-3-5-10/h1-8H,9,18H2. The SMILES string of the molecule is Nc1cc(F)cc(S(=O)CC(F)(F)c2ccccc2)c1. The van der Waals surface area contributed by atoms with Crippen LogP contribution in [0.4, 0.5) is 18.9 Å². The maximum Gasteiger partial charge on any atom is 0.284 e. The zero-order chi connectivity index (χ0) is 14.8. The Labute approximate surface area is 116 Å². The van der Waals surface area contributed by atoms with E-state index in [1.165, 1.54) is 30.3 Å². The Bertz CT molecular complexity index is 611. The van der Waals surface area contributed by atoms with Crippen LogP contribution < -0.4 is 5.73 Å². The van der Waals surface area contributed by atoms with Crippen LogP contribution in [0.15, 0.2) is 53.4 Å². The molecule has 2 aromatic carbocycles. The number of rotatable bonds is 4. The Kier molecular flexibility index (Phi) is 4.13. The highest BCUT2D eigenvalue weighted by Crippen LogP contribution is 2.30. The van der Waals surface area contributed by atoms with Crippen molar-refractivity contribution in [3.63, 3.8) is 0 Å². The zero-order valence-electron chi connectivity index (χ0n) is 10.4. The minimum atomic E-state index is -3.26. The predicted octanol–water partition coefficient (Wildman–Crippen LogP) is 3.31. The van der Waals surface area contributed by atoms with E-state index < -0.39 is 28.3 Å². The van der Waals surface area contributed by atoms with Gasteiger partial charge in [0, 0.05) is 16.1 Å². The van der Waals surface area contributed by atoms with Crippen LogP contribution in [0.2, 0.25) is 0 Å². The molecule has 1 unspecified atom stereocenters. The van der Waals surface area contributed by atoms with E-state index in [2.05, 4.69) is 0 Å². The zero-order valence-corrected chi connectivity index (χ0v) is 11.2. The topological polar surface area (TPSA) is 43.1 Å². The lowest BCUT2D eigenvalue weighted by Gasteiger charge is -2.16. The average Bonchev–Trinajstić information content (AvgIpc) is 2.38. The van der Waals surface area contributed by atoms with Crippen LogP contribution in [0.25, 0.3) is 0 Å². The molecular weight excluding hydrogens is 287 g/mol. The van der Waals surface area contributed by atoms with Gasteiger partial charge >= 0.3 is 0 Å². The molecule has 0 radical (unpaired) electrons. The van der Waals surface area contributed by atoms with Gasteiger partial charge in [0.05, 0.1) is 16.6 Å². The predicted molar refractivity (Wildman–Crippen MR) is 72.4 cm³/mol. The van der Waals surface area contributed by atoms with Gasteiger partial charge in [0.25, 0.3) is 5.92 Å². The van der Waals surface area contributed by atoms with Gasteiger partial charge in [0.2, 0.25) is 0 Å². The van der Waals surface area contributed by atoms with Crippen LogP contribution in [0.1, 0.15) is 5.56 Å². The first kappa shape index (κ1) is 14.6. The van der Waals surface area contributed by atoms with E-state index in [9.17, 15) is 17.4 Å². The minimum absolute atomic E-state index is 0.0434. The van der Waals surface area contributed by atoms with Gasteiger partial charge in [-0.25, -0.2) is 13.2 Å². The van der Waals surface area contributed by atoms with Gasteiger partial charge in [0.1, 0.15) is 5.82 Å². The third-order valence-electron chi connectivity index (χ3n) is 2.67. The van der Waals surface area contributed by atoms with E-state index >= 15 is 0 Å². The molecule has 0 spiro atoms. The number of halogens is 3. The van der Waals surface area contributed by atoms with Crippen LogP contribution in [0.5, 0.6) is 0 Å². The third-order valence-corrected chi connectivity index (χ3v) is 4.05. The first-order valence-corrected chi connectivity index (χ1v) is 7.08. The molecule has 0 aromatic heterocycles. The Balaban J connectivity index is 2.23. The van der Waals surface area contributed by atoms with E-state index in [1.54, 1.807) is 6.07 Å². The second kappa shape index (κ2) is 5.66. The normalized spacial score (nSPS) is 13.2. The van der Waals surface area contributed by atoms with Gasteiger partial charge in [-0.05, 0) is 18.2 Å². The van der Waals surface area contributed by atoms with Crippen molar-refractivity contribution in [1.29, 1.82) is 0 Å².